The molecule has 142 valence electrons. The van der Waals surface area contributed by atoms with Crippen LogP contribution in [0, 0.1) is 0 Å². The summed E-state index contributed by atoms with van der Waals surface area (Å²) in [7, 11) is -8.21. The number of benzene rings is 2. The molecule has 1 heterocycles. The Bertz CT molecular complexity index is 1100. The van der Waals surface area contributed by atoms with E-state index in [0.29, 0.717) is 6.42 Å². The Labute approximate surface area is 157 Å². The Morgan fingerprint density at radius 1 is 1.00 bits per heavy atom. The molecule has 10 heteroatoms. The van der Waals surface area contributed by atoms with Gasteiger partial charge in [-0.2, -0.15) is 5.10 Å². The Balaban J connectivity index is 1.89. The number of hydrazone groups is 1. The fourth-order valence-corrected chi connectivity index (χ4v) is 5.32. The Morgan fingerprint density at radius 2 is 1.59 bits per heavy atom. The number of rotatable bonds is 4. The number of nitrogens with one attached hydrogen (secondary N) is 1. The summed E-state index contributed by atoms with van der Waals surface area (Å²) in [6.07, 6.45) is 2.87. The van der Waals surface area contributed by atoms with Gasteiger partial charge in [0.2, 0.25) is 0 Å². The fourth-order valence-electron chi connectivity index (χ4n) is 2.76. The lowest BCUT2D eigenvalue weighted by Gasteiger charge is -2.22. The minimum atomic E-state index is -4.41. The number of sulfone groups is 1. The molecule has 1 aliphatic rings. The molecule has 0 aromatic heterocycles. The van der Waals surface area contributed by atoms with Gasteiger partial charge in [0.05, 0.1) is 10.9 Å². The van der Waals surface area contributed by atoms with Crippen LogP contribution in [0.1, 0.15) is 18.0 Å². The van der Waals surface area contributed by atoms with E-state index in [4.69, 9.17) is 0 Å². The summed E-state index contributed by atoms with van der Waals surface area (Å²) < 4.78 is 50.9. The van der Waals surface area contributed by atoms with E-state index < -0.39 is 36.8 Å². The van der Waals surface area contributed by atoms with Crippen LogP contribution >= 0.6 is 0 Å². The topological polar surface area (TPSA) is 113 Å². The molecule has 1 aliphatic heterocycles. The molecule has 1 unspecified atom stereocenters. The van der Waals surface area contributed by atoms with Crippen LogP contribution in [0.3, 0.4) is 0 Å². The van der Waals surface area contributed by atoms with Gasteiger partial charge in [0.25, 0.3) is 10.0 Å². The third-order valence-corrected chi connectivity index (χ3v) is 6.64. The summed E-state index contributed by atoms with van der Waals surface area (Å²) in [6.45, 7) is 0. The number of carbonyl (C=O) groups is 1. The molecule has 0 aliphatic carbocycles. The van der Waals surface area contributed by atoms with E-state index in [1.165, 1.54) is 24.4 Å². The monoisotopic (exact) mass is 407 g/mol. The summed E-state index contributed by atoms with van der Waals surface area (Å²) in [5.74, 6) is 0. The average Bonchev–Trinajstić information content (AvgIpc) is 3.11. The largest absolute Gasteiger partial charge is 0.352 e. The zero-order valence-electron chi connectivity index (χ0n) is 14.3. The number of carbonyl (C=O) groups excluding carboxylic acids is 1. The Hall–Kier alpha value is -2.72. The van der Waals surface area contributed by atoms with Crippen LogP contribution in [0.4, 0.5) is 4.79 Å². The smallest absolute Gasteiger partial charge is 0.245 e. The van der Waals surface area contributed by atoms with Crippen LogP contribution in [0.2, 0.25) is 0 Å². The van der Waals surface area contributed by atoms with E-state index in [-0.39, 0.29) is 4.90 Å². The van der Waals surface area contributed by atoms with Gasteiger partial charge in [0.1, 0.15) is 4.90 Å². The molecule has 0 spiro atoms. The fraction of sp³-hybridized carbons (Fsp3) is 0.176. The summed E-state index contributed by atoms with van der Waals surface area (Å²) in [5.41, 5.74) is 0.805. The maximum absolute atomic E-state index is 12.6. The highest BCUT2D eigenvalue weighted by Crippen LogP contribution is 2.28. The maximum Gasteiger partial charge on any atom is 0.352 e. The van der Waals surface area contributed by atoms with E-state index in [2.05, 4.69) is 5.10 Å². The molecule has 1 atom stereocenters. The normalized spacial score (nSPS) is 17.1. The standard InChI is InChI=1S/C17H17N3O5S2/c1-26(22,23)15-9-5-6-10-16(15)27(24,25)19-17(21)20-14(11-12-18-20)13-7-3-2-4-8-13/h2-10,12,14H,11H2,1H3,(H,19,21). The summed E-state index contributed by atoms with van der Waals surface area (Å²) in [4.78, 5) is 11.7. The lowest BCUT2D eigenvalue weighted by molar-refractivity contribution is 0.192. The molecule has 2 aromatic rings. The van der Waals surface area contributed by atoms with Gasteiger partial charge in [0, 0.05) is 18.9 Å². The first-order valence-corrected chi connectivity index (χ1v) is 11.3. The van der Waals surface area contributed by atoms with Crippen LogP contribution in [0.5, 0.6) is 0 Å². The SMILES string of the molecule is CS(=O)(=O)c1ccccc1S(=O)(=O)NC(=O)N1N=CCC1c1ccccc1. The van der Waals surface area contributed by atoms with E-state index in [1.54, 1.807) is 0 Å². The van der Waals surface area contributed by atoms with Crippen LogP contribution in [0.25, 0.3) is 0 Å². The van der Waals surface area contributed by atoms with Gasteiger partial charge in [-0.1, -0.05) is 42.5 Å². The second kappa shape index (κ2) is 7.12. The minimum absolute atomic E-state index is 0.380. The van der Waals surface area contributed by atoms with Gasteiger partial charge < -0.3 is 0 Å². The minimum Gasteiger partial charge on any atom is -0.245 e. The highest BCUT2D eigenvalue weighted by Gasteiger charge is 2.32. The van der Waals surface area contributed by atoms with Gasteiger partial charge in [-0.3, -0.25) is 0 Å². The van der Waals surface area contributed by atoms with Crippen molar-refractivity contribution in [2.45, 2.75) is 22.3 Å². The van der Waals surface area contributed by atoms with Gasteiger partial charge in [-0.05, 0) is 17.7 Å². The number of hydrogen-bond acceptors (Lipinski definition) is 6. The summed E-state index contributed by atoms with van der Waals surface area (Å²) in [5, 5.41) is 4.99. The Morgan fingerprint density at radius 3 is 2.22 bits per heavy atom. The molecule has 2 amide bonds. The van der Waals surface area contributed by atoms with E-state index >= 15 is 0 Å². The molecule has 0 fully saturated rings. The third-order valence-electron chi connectivity index (χ3n) is 3.98. The molecule has 0 bridgehead atoms. The predicted octanol–water partition coefficient (Wildman–Crippen LogP) is 1.92. The van der Waals surface area contributed by atoms with Crippen molar-refractivity contribution in [3.05, 3.63) is 60.2 Å². The average molecular weight is 407 g/mol. The number of amides is 2. The lowest BCUT2D eigenvalue weighted by atomic mass is 10.1. The highest BCUT2D eigenvalue weighted by molar-refractivity contribution is 7.93. The van der Waals surface area contributed by atoms with Crippen molar-refractivity contribution in [3.63, 3.8) is 0 Å². The van der Waals surface area contributed by atoms with Gasteiger partial charge >= 0.3 is 6.03 Å². The number of nitrogens with zero attached hydrogens (tertiary/aromatic N) is 2. The maximum atomic E-state index is 12.6. The van der Waals surface area contributed by atoms with E-state index in [0.717, 1.165) is 22.9 Å². The van der Waals surface area contributed by atoms with Crippen molar-refractivity contribution in [2.75, 3.05) is 6.26 Å². The zero-order valence-corrected chi connectivity index (χ0v) is 15.9. The van der Waals surface area contributed by atoms with E-state index in [9.17, 15) is 21.6 Å². The number of sulfonamides is 1. The van der Waals surface area contributed by atoms with Crippen molar-refractivity contribution >= 4 is 32.1 Å². The zero-order chi connectivity index (χ0) is 19.7. The van der Waals surface area contributed by atoms with Gasteiger partial charge in [0.15, 0.2) is 9.84 Å². The van der Waals surface area contributed by atoms with Gasteiger partial charge in [-0.15, -0.1) is 0 Å². The second-order valence-corrected chi connectivity index (χ2v) is 9.57. The molecule has 0 saturated heterocycles. The molecule has 0 saturated carbocycles. The number of urea groups is 1. The Kier molecular flexibility index (Phi) is 5.03. The molecule has 8 nitrogen and oxygen atoms in total. The van der Waals surface area contributed by atoms with Crippen molar-refractivity contribution in [2.24, 2.45) is 5.10 Å². The highest BCUT2D eigenvalue weighted by atomic mass is 32.2. The number of hydrogen-bond donors (Lipinski definition) is 1. The summed E-state index contributed by atoms with van der Waals surface area (Å²) >= 11 is 0. The lowest BCUT2D eigenvalue weighted by Crippen LogP contribution is -2.40. The van der Waals surface area contributed by atoms with E-state index in [1.807, 2.05) is 35.1 Å². The molecular formula is C17H17N3O5S2. The van der Waals surface area contributed by atoms with Gasteiger partial charge in [-0.25, -0.2) is 31.4 Å². The second-order valence-electron chi connectivity index (χ2n) is 5.93. The molecule has 27 heavy (non-hydrogen) atoms. The first-order valence-electron chi connectivity index (χ1n) is 7.92. The molecule has 0 radical (unpaired) electrons. The van der Waals surface area contributed by atoms with Crippen LogP contribution in [0.15, 0.2) is 69.5 Å². The summed E-state index contributed by atoms with van der Waals surface area (Å²) in [6, 6.07) is 12.8. The van der Waals surface area contributed by atoms with Crippen molar-refractivity contribution in [1.29, 1.82) is 0 Å². The first kappa shape index (κ1) is 19.1. The van der Waals surface area contributed by atoms with Crippen LogP contribution in [-0.2, 0) is 19.9 Å². The molecule has 1 N–H and O–H groups in total. The molecular weight excluding hydrogens is 390 g/mol. The predicted molar refractivity (Wildman–Crippen MR) is 99.4 cm³/mol. The molecule has 3 rings (SSSR count). The van der Waals surface area contributed by atoms with Crippen molar-refractivity contribution < 1.29 is 21.6 Å². The van der Waals surface area contributed by atoms with Crippen LogP contribution in [-0.4, -0.2) is 40.3 Å². The third kappa shape index (κ3) is 4.01. The van der Waals surface area contributed by atoms with Crippen LogP contribution < -0.4 is 4.72 Å². The quantitative estimate of drug-likeness (QED) is 0.832. The van der Waals surface area contributed by atoms with Crippen molar-refractivity contribution in [1.82, 2.24) is 9.73 Å². The van der Waals surface area contributed by atoms with Crippen molar-refractivity contribution in [3.8, 4) is 0 Å². The molecule has 2 aromatic carbocycles. The first-order chi connectivity index (χ1) is 12.7.